The molecule has 0 aliphatic carbocycles. The first-order valence-corrected chi connectivity index (χ1v) is 10.8. The number of hydrogen-bond acceptors (Lipinski definition) is 5. The summed E-state index contributed by atoms with van der Waals surface area (Å²) in [6.45, 7) is 6.14. The second-order valence-electron chi connectivity index (χ2n) is 6.93. The standard InChI is InChI=1S/C23H26N2O4S/c1-5-16-8-9-18-20(12-16)30-23(25(18)14-22(27)29-6-2)24-21(26)13-17-11-15(3)7-10-19(17)28-4/h7-12H,5-6,13-14H2,1-4H3. The van der Waals surface area contributed by atoms with Crippen molar-refractivity contribution in [2.24, 2.45) is 4.99 Å². The van der Waals surface area contributed by atoms with E-state index in [-0.39, 0.29) is 24.8 Å². The molecule has 0 atom stereocenters. The molecule has 0 spiro atoms. The second kappa shape index (κ2) is 9.71. The van der Waals surface area contributed by atoms with Crippen LogP contribution in [-0.4, -0.2) is 30.2 Å². The summed E-state index contributed by atoms with van der Waals surface area (Å²) in [7, 11) is 1.58. The summed E-state index contributed by atoms with van der Waals surface area (Å²) in [6, 6.07) is 11.8. The number of esters is 1. The van der Waals surface area contributed by atoms with E-state index in [4.69, 9.17) is 9.47 Å². The first-order valence-electron chi connectivity index (χ1n) is 9.94. The molecule has 0 bridgehead atoms. The lowest BCUT2D eigenvalue weighted by atomic mass is 10.1. The van der Waals surface area contributed by atoms with E-state index >= 15 is 0 Å². The average Bonchev–Trinajstić information content (AvgIpc) is 3.04. The van der Waals surface area contributed by atoms with Crippen LogP contribution in [0.3, 0.4) is 0 Å². The van der Waals surface area contributed by atoms with Gasteiger partial charge in [-0.05, 0) is 44.0 Å². The van der Waals surface area contributed by atoms with Gasteiger partial charge in [-0.3, -0.25) is 9.59 Å². The van der Waals surface area contributed by atoms with Crippen LogP contribution in [0.15, 0.2) is 41.4 Å². The number of carbonyl (C=O) groups excluding carboxylic acids is 2. The third-order valence-corrected chi connectivity index (χ3v) is 5.79. The van der Waals surface area contributed by atoms with Crippen molar-refractivity contribution in [2.75, 3.05) is 13.7 Å². The van der Waals surface area contributed by atoms with Gasteiger partial charge in [-0.15, -0.1) is 0 Å². The lowest BCUT2D eigenvalue weighted by molar-refractivity contribution is -0.143. The number of amides is 1. The van der Waals surface area contributed by atoms with Gasteiger partial charge in [-0.1, -0.05) is 42.0 Å². The SMILES string of the molecule is CCOC(=O)Cn1c(=NC(=O)Cc2cc(C)ccc2OC)sc2cc(CC)ccc21. The predicted molar refractivity (Wildman–Crippen MR) is 118 cm³/mol. The van der Waals surface area contributed by atoms with Gasteiger partial charge >= 0.3 is 5.97 Å². The number of fused-ring (bicyclic) bond motifs is 1. The molecule has 3 aromatic rings. The molecule has 158 valence electrons. The molecule has 0 saturated heterocycles. The Morgan fingerprint density at radius 2 is 1.93 bits per heavy atom. The average molecular weight is 427 g/mol. The Labute approximate surface area is 179 Å². The van der Waals surface area contributed by atoms with Gasteiger partial charge in [0.05, 0.1) is 30.4 Å². The third kappa shape index (κ3) is 4.97. The van der Waals surface area contributed by atoms with Crippen molar-refractivity contribution in [1.82, 2.24) is 4.57 Å². The molecular formula is C23H26N2O4S. The minimum Gasteiger partial charge on any atom is -0.496 e. The fourth-order valence-corrected chi connectivity index (χ4v) is 4.38. The van der Waals surface area contributed by atoms with Gasteiger partial charge in [0.15, 0.2) is 4.80 Å². The predicted octanol–water partition coefficient (Wildman–Crippen LogP) is 3.82. The molecule has 1 aromatic heterocycles. The summed E-state index contributed by atoms with van der Waals surface area (Å²) < 4.78 is 13.2. The lowest BCUT2D eigenvalue weighted by Crippen LogP contribution is -2.23. The number of aryl methyl sites for hydroxylation is 2. The van der Waals surface area contributed by atoms with Gasteiger partial charge in [0.2, 0.25) is 0 Å². The summed E-state index contributed by atoms with van der Waals surface area (Å²) in [6.07, 6.45) is 1.03. The van der Waals surface area contributed by atoms with E-state index in [9.17, 15) is 9.59 Å². The maximum atomic E-state index is 12.8. The molecule has 1 heterocycles. The quantitative estimate of drug-likeness (QED) is 0.539. The minimum absolute atomic E-state index is 0.0131. The van der Waals surface area contributed by atoms with E-state index < -0.39 is 0 Å². The number of nitrogens with zero attached hydrogens (tertiary/aromatic N) is 2. The number of benzene rings is 2. The summed E-state index contributed by atoms with van der Waals surface area (Å²) >= 11 is 1.40. The molecule has 7 heteroatoms. The highest BCUT2D eigenvalue weighted by Crippen LogP contribution is 2.22. The zero-order chi connectivity index (χ0) is 21.7. The first-order chi connectivity index (χ1) is 14.4. The lowest BCUT2D eigenvalue weighted by Gasteiger charge is -2.08. The van der Waals surface area contributed by atoms with Crippen molar-refractivity contribution >= 4 is 33.4 Å². The first kappa shape index (κ1) is 21.8. The monoisotopic (exact) mass is 426 g/mol. The molecule has 0 aliphatic rings. The number of methoxy groups -OCH3 is 1. The van der Waals surface area contributed by atoms with Crippen LogP contribution >= 0.6 is 11.3 Å². The second-order valence-corrected chi connectivity index (χ2v) is 7.94. The van der Waals surface area contributed by atoms with E-state index in [2.05, 4.69) is 18.0 Å². The summed E-state index contributed by atoms with van der Waals surface area (Å²) in [5, 5.41) is 0. The van der Waals surface area contributed by atoms with Crippen molar-refractivity contribution in [2.45, 2.75) is 40.2 Å². The van der Waals surface area contributed by atoms with Crippen molar-refractivity contribution in [3.8, 4) is 5.75 Å². The van der Waals surface area contributed by atoms with Crippen molar-refractivity contribution in [3.63, 3.8) is 0 Å². The largest absolute Gasteiger partial charge is 0.496 e. The van der Waals surface area contributed by atoms with Crippen LogP contribution in [-0.2, 0) is 33.7 Å². The molecular weight excluding hydrogens is 400 g/mol. The molecule has 2 aromatic carbocycles. The molecule has 3 rings (SSSR count). The number of hydrogen-bond donors (Lipinski definition) is 0. The maximum Gasteiger partial charge on any atom is 0.326 e. The summed E-state index contributed by atoms with van der Waals surface area (Å²) in [5.41, 5.74) is 3.89. The summed E-state index contributed by atoms with van der Waals surface area (Å²) in [5.74, 6) is 0.0114. The van der Waals surface area contributed by atoms with E-state index in [1.807, 2.05) is 37.3 Å². The molecule has 0 aliphatic heterocycles. The maximum absolute atomic E-state index is 12.8. The third-order valence-electron chi connectivity index (χ3n) is 4.75. The Hall–Kier alpha value is -2.93. The zero-order valence-electron chi connectivity index (χ0n) is 17.7. The Bertz CT molecular complexity index is 1140. The van der Waals surface area contributed by atoms with Crippen LogP contribution in [0.2, 0.25) is 0 Å². The highest BCUT2D eigenvalue weighted by molar-refractivity contribution is 7.16. The Morgan fingerprint density at radius 3 is 2.63 bits per heavy atom. The number of carbonyl (C=O) groups is 2. The smallest absolute Gasteiger partial charge is 0.326 e. The zero-order valence-corrected chi connectivity index (χ0v) is 18.5. The molecule has 0 unspecified atom stereocenters. The highest BCUT2D eigenvalue weighted by atomic mass is 32.1. The van der Waals surface area contributed by atoms with E-state index in [1.54, 1.807) is 18.6 Å². The van der Waals surface area contributed by atoms with Crippen LogP contribution in [0.25, 0.3) is 10.2 Å². The molecule has 0 saturated carbocycles. The topological polar surface area (TPSA) is 69.9 Å². The Kier molecular flexibility index (Phi) is 7.05. The fourth-order valence-electron chi connectivity index (χ4n) is 3.27. The molecule has 30 heavy (non-hydrogen) atoms. The molecule has 0 fully saturated rings. The van der Waals surface area contributed by atoms with E-state index in [0.717, 1.165) is 27.8 Å². The van der Waals surface area contributed by atoms with E-state index in [1.165, 1.54) is 16.9 Å². The van der Waals surface area contributed by atoms with Gasteiger partial charge in [0.1, 0.15) is 12.3 Å². The van der Waals surface area contributed by atoms with Crippen LogP contribution < -0.4 is 9.54 Å². The van der Waals surface area contributed by atoms with Crippen molar-refractivity contribution in [1.29, 1.82) is 0 Å². The number of aromatic nitrogens is 1. The molecule has 0 radical (unpaired) electrons. The number of ether oxygens (including phenoxy) is 2. The molecule has 6 nitrogen and oxygen atoms in total. The van der Waals surface area contributed by atoms with Gasteiger partial charge in [0.25, 0.3) is 5.91 Å². The highest BCUT2D eigenvalue weighted by Gasteiger charge is 2.14. The number of thiazole rings is 1. The van der Waals surface area contributed by atoms with Gasteiger partial charge in [0, 0.05) is 5.56 Å². The fraction of sp³-hybridized carbons (Fsp3) is 0.348. The van der Waals surface area contributed by atoms with Crippen LogP contribution in [0.5, 0.6) is 5.75 Å². The minimum atomic E-state index is -0.356. The van der Waals surface area contributed by atoms with E-state index in [0.29, 0.717) is 17.2 Å². The summed E-state index contributed by atoms with van der Waals surface area (Å²) in [4.78, 5) is 29.8. The van der Waals surface area contributed by atoms with Crippen molar-refractivity contribution in [3.05, 3.63) is 57.9 Å². The van der Waals surface area contributed by atoms with Gasteiger partial charge < -0.3 is 14.0 Å². The Balaban J connectivity index is 2.02. The Morgan fingerprint density at radius 1 is 1.13 bits per heavy atom. The van der Waals surface area contributed by atoms with Gasteiger partial charge in [-0.25, -0.2) is 0 Å². The van der Waals surface area contributed by atoms with Crippen LogP contribution in [0.4, 0.5) is 0 Å². The van der Waals surface area contributed by atoms with Crippen LogP contribution in [0.1, 0.15) is 30.5 Å². The normalized spacial score (nSPS) is 11.7. The van der Waals surface area contributed by atoms with Gasteiger partial charge in [-0.2, -0.15) is 4.99 Å². The number of rotatable bonds is 7. The molecule has 1 amide bonds. The molecule has 0 N–H and O–H groups in total. The van der Waals surface area contributed by atoms with Crippen LogP contribution in [0, 0.1) is 6.92 Å². The van der Waals surface area contributed by atoms with Crippen molar-refractivity contribution < 1.29 is 19.1 Å².